The van der Waals surface area contributed by atoms with Crippen molar-refractivity contribution in [3.8, 4) is 0 Å². The first-order chi connectivity index (χ1) is 8.46. The minimum atomic E-state index is -0.209. The molecule has 18 heavy (non-hydrogen) atoms. The van der Waals surface area contributed by atoms with Gasteiger partial charge in [0.05, 0.1) is 0 Å². The highest BCUT2D eigenvalue weighted by molar-refractivity contribution is 5.44. The van der Waals surface area contributed by atoms with Gasteiger partial charge in [0.25, 0.3) is 0 Å². The summed E-state index contributed by atoms with van der Waals surface area (Å²) >= 11 is 0. The van der Waals surface area contributed by atoms with E-state index in [1.165, 1.54) is 0 Å². The summed E-state index contributed by atoms with van der Waals surface area (Å²) < 4.78 is 5.25. The first-order valence-corrected chi connectivity index (χ1v) is 6.03. The van der Waals surface area contributed by atoms with Crippen molar-refractivity contribution in [3.63, 3.8) is 0 Å². The molecule has 1 aromatic heterocycles. The molecule has 0 aliphatic rings. The maximum atomic E-state index is 9.18. The fraction of sp³-hybridized carbons (Fsp3) is 0.667. The molecule has 6 nitrogen and oxygen atoms in total. The second-order valence-electron chi connectivity index (χ2n) is 4.91. The molecule has 0 fully saturated rings. The fourth-order valence-electron chi connectivity index (χ4n) is 1.25. The smallest absolute Gasteiger partial charge is 0.158 e. The van der Waals surface area contributed by atoms with Gasteiger partial charge in [0, 0.05) is 31.2 Å². The lowest BCUT2D eigenvalue weighted by Gasteiger charge is -2.22. The number of hydrogen-bond donors (Lipinski definition) is 3. The molecule has 0 amide bonds. The van der Waals surface area contributed by atoms with Crippen molar-refractivity contribution in [3.05, 3.63) is 11.9 Å². The Bertz CT molecular complexity index is 382. The first-order valence-electron chi connectivity index (χ1n) is 6.03. The largest absolute Gasteiger partial charge is 0.396 e. The van der Waals surface area contributed by atoms with Crippen LogP contribution in [0.3, 0.4) is 0 Å². The van der Waals surface area contributed by atoms with Crippen molar-refractivity contribution in [1.82, 2.24) is 9.97 Å². The van der Waals surface area contributed by atoms with Gasteiger partial charge in [0.15, 0.2) is 5.82 Å². The van der Waals surface area contributed by atoms with E-state index in [0.717, 1.165) is 0 Å². The molecule has 102 valence electrons. The summed E-state index contributed by atoms with van der Waals surface area (Å²) in [5, 5.41) is 12.3. The molecular formula is C12H22N4O2. The summed E-state index contributed by atoms with van der Waals surface area (Å²) in [5.74, 6) is 1.61. The summed E-state index contributed by atoms with van der Waals surface area (Å²) in [7, 11) is 0. The van der Waals surface area contributed by atoms with Crippen LogP contribution in [0.4, 0.5) is 11.6 Å². The molecule has 6 heteroatoms. The highest BCUT2D eigenvalue weighted by Gasteiger charge is 2.16. The zero-order chi connectivity index (χ0) is 13.6. The number of aliphatic hydroxyl groups excluding tert-OH is 1. The van der Waals surface area contributed by atoms with Gasteiger partial charge in [-0.1, -0.05) is 13.8 Å². The maximum Gasteiger partial charge on any atom is 0.158 e. The van der Waals surface area contributed by atoms with E-state index in [1.54, 1.807) is 6.07 Å². The van der Waals surface area contributed by atoms with E-state index < -0.39 is 0 Å². The number of hydrogen-bond acceptors (Lipinski definition) is 6. The van der Waals surface area contributed by atoms with Crippen LogP contribution < -0.4 is 11.1 Å². The summed E-state index contributed by atoms with van der Waals surface area (Å²) in [6.07, 6.45) is 0. The van der Waals surface area contributed by atoms with Crippen LogP contribution in [0.1, 0.15) is 26.6 Å². The number of aliphatic hydroxyl groups is 1. The Labute approximate surface area is 108 Å². The van der Waals surface area contributed by atoms with Gasteiger partial charge in [-0.3, -0.25) is 0 Å². The van der Waals surface area contributed by atoms with Gasteiger partial charge in [0.1, 0.15) is 18.2 Å². The van der Waals surface area contributed by atoms with E-state index >= 15 is 0 Å². The predicted molar refractivity (Wildman–Crippen MR) is 71.1 cm³/mol. The molecule has 0 atom stereocenters. The molecule has 0 aliphatic carbocycles. The summed E-state index contributed by atoms with van der Waals surface area (Å²) in [6, 6.07) is 1.67. The van der Waals surface area contributed by atoms with Crippen LogP contribution in [0.15, 0.2) is 6.07 Å². The van der Waals surface area contributed by atoms with Gasteiger partial charge in [0.2, 0.25) is 0 Å². The molecule has 4 N–H and O–H groups in total. The zero-order valence-electron chi connectivity index (χ0n) is 11.2. The third kappa shape index (κ3) is 4.85. The minimum Gasteiger partial charge on any atom is -0.396 e. The molecule has 0 spiro atoms. The molecule has 0 saturated carbocycles. The molecule has 0 unspecified atom stereocenters. The molecule has 1 heterocycles. The molecule has 0 saturated heterocycles. The van der Waals surface area contributed by atoms with E-state index in [1.807, 2.05) is 20.8 Å². The maximum absolute atomic E-state index is 9.18. The number of ether oxygens (including phenoxy) is 1. The Morgan fingerprint density at radius 2 is 2.17 bits per heavy atom. The SMILES string of the molecule is CCOCc1nc(N)cc(NCC(C)(C)CO)n1. The van der Waals surface area contributed by atoms with E-state index in [0.29, 0.717) is 37.2 Å². The van der Waals surface area contributed by atoms with Crippen LogP contribution in [-0.2, 0) is 11.3 Å². The molecule has 0 aromatic carbocycles. The second kappa shape index (κ2) is 6.51. The average Bonchev–Trinajstić information content (AvgIpc) is 2.33. The van der Waals surface area contributed by atoms with Gasteiger partial charge < -0.3 is 20.9 Å². The third-order valence-corrected chi connectivity index (χ3v) is 2.40. The van der Waals surface area contributed by atoms with E-state index in [2.05, 4.69) is 15.3 Å². The van der Waals surface area contributed by atoms with Gasteiger partial charge in [-0.2, -0.15) is 0 Å². The quantitative estimate of drug-likeness (QED) is 0.673. The molecule has 0 aliphatic heterocycles. The van der Waals surface area contributed by atoms with Crippen LogP contribution in [-0.4, -0.2) is 34.8 Å². The van der Waals surface area contributed by atoms with Gasteiger partial charge in [-0.15, -0.1) is 0 Å². The van der Waals surface area contributed by atoms with Crippen LogP contribution >= 0.6 is 0 Å². The molecule has 0 bridgehead atoms. The number of anilines is 2. The predicted octanol–water partition coefficient (Wildman–Crippen LogP) is 1.03. The van der Waals surface area contributed by atoms with E-state index in [4.69, 9.17) is 10.5 Å². The lowest BCUT2D eigenvalue weighted by Crippen LogP contribution is -2.27. The van der Waals surface area contributed by atoms with E-state index in [9.17, 15) is 5.11 Å². The molecule has 1 rings (SSSR count). The summed E-state index contributed by atoms with van der Waals surface area (Å²) in [4.78, 5) is 8.39. The van der Waals surface area contributed by atoms with Crippen molar-refractivity contribution < 1.29 is 9.84 Å². The van der Waals surface area contributed by atoms with Crippen molar-refractivity contribution >= 4 is 11.6 Å². The Balaban J connectivity index is 2.68. The molecule has 1 aromatic rings. The number of nitrogens with zero attached hydrogens (tertiary/aromatic N) is 2. The summed E-state index contributed by atoms with van der Waals surface area (Å²) in [5.41, 5.74) is 5.50. The van der Waals surface area contributed by atoms with Gasteiger partial charge in [-0.25, -0.2) is 9.97 Å². The van der Waals surface area contributed by atoms with Crippen molar-refractivity contribution in [1.29, 1.82) is 0 Å². The highest BCUT2D eigenvalue weighted by Crippen LogP contribution is 2.16. The Morgan fingerprint density at radius 3 is 2.78 bits per heavy atom. The van der Waals surface area contributed by atoms with Crippen LogP contribution in [0.5, 0.6) is 0 Å². The normalized spacial score (nSPS) is 11.6. The fourth-order valence-corrected chi connectivity index (χ4v) is 1.25. The standard InChI is InChI=1S/C12H22N4O2/c1-4-18-6-11-15-9(13)5-10(16-11)14-7-12(2,3)8-17/h5,17H,4,6-8H2,1-3H3,(H3,13,14,15,16). The van der Waals surface area contributed by atoms with Crippen molar-refractivity contribution in [2.45, 2.75) is 27.4 Å². The zero-order valence-corrected chi connectivity index (χ0v) is 11.2. The first kappa shape index (κ1) is 14.7. The number of nitrogens with one attached hydrogen (secondary N) is 1. The number of rotatable bonds is 7. The Kier molecular flexibility index (Phi) is 5.30. The van der Waals surface area contributed by atoms with Crippen molar-refractivity contribution in [2.75, 3.05) is 30.8 Å². The Hall–Kier alpha value is -1.40. The third-order valence-electron chi connectivity index (χ3n) is 2.40. The average molecular weight is 254 g/mol. The lowest BCUT2D eigenvalue weighted by atomic mass is 9.95. The minimum absolute atomic E-state index is 0.104. The van der Waals surface area contributed by atoms with Crippen molar-refractivity contribution in [2.24, 2.45) is 5.41 Å². The number of aromatic nitrogens is 2. The van der Waals surface area contributed by atoms with Crippen LogP contribution in [0, 0.1) is 5.41 Å². The second-order valence-corrected chi connectivity index (χ2v) is 4.91. The molecule has 0 radical (unpaired) electrons. The van der Waals surface area contributed by atoms with Crippen LogP contribution in [0.25, 0.3) is 0 Å². The highest BCUT2D eigenvalue weighted by atomic mass is 16.5. The number of nitrogens with two attached hydrogens (primary N) is 1. The topological polar surface area (TPSA) is 93.3 Å². The molecular weight excluding hydrogens is 232 g/mol. The monoisotopic (exact) mass is 254 g/mol. The van der Waals surface area contributed by atoms with Crippen LogP contribution in [0.2, 0.25) is 0 Å². The number of nitrogen functional groups attached to an aromatic ring is 1. The van der Waals surface area contributed by atoms with E-state index in [-0.39, 0.29) is 12.0 Å². The van der Waals surface area contributed by atoms with Gasteiger partial charge >= 0.3 is 0 Å². The lowest BCUT2D eigenvalue weighted by molar-refractivity contribution is 0.128. The summed E-state index contributed by atoms with van der Waals surface area (Å²) in [6.45, 7) is 7.50. The Morgan fingerprint density at radius 1 is 1.44 bits per heavy atom. The van der Waals surface area contributed by atoms with Gasteiger partial charge in [-0.05, 0) is 6.92 Å².